The monoisotopic (exact) mass is 250 g/mol. The summed E-state index contributed by atoms with van der Waals surface area (Å²) in [6, 6.07) is 7.59. The molecular weight excluding hydrogens is 228 g/mol. The largest absolute Gasteiger partial charge is 0.381 e. The van der Waals surface area contributed by atoms with E-state index in [2.05, 4.69) is 12.2 Å². The first-order valence-corrected chi connectivity index (χ1v) is 6.43. The average Bonchev–Trinajstić information content (AvgIpc) is 2.39. The van der Waals surface area contributed by atoms with E-state index in [0.717, 1.165) is 30.7 Å². The number of hydrogen-bond acceptors (Lipinski definition) is 3. The smallest absolute Gasteiger partial charge is 0.224 e. The van der Waals surface area contributed by atoms with Crippen LogP contribution in [0.25, 0.3) is 0 Å². The van der Waals surface area contributed by atoms with Gasteiger partial charge in [0.1, 0.15) is 0 Å². The van der Waals surface area contributed by atoms with E-state index in [1.165, 1.54) is 0 Å². The van der Waals surface area contributed by atoms with E-state index in [4.69, 9.17) is 10.5 Å². The van der Waals surface area contributed by atoms with Gasteiger partial charge in [-0.25, -0.2) is 0 Å². The van der Waals surface area contributed by atoms with Gasteiger partial charge in [0.05, 0.1) is 0 Å². The number of carbonyl (C=O) groups is 1. The molecule has 0 radical (unpaired) electrons. The van der Waals surface area contributed by atoms with Crippen molar-refractivity contribution in [2.75, 3.05) is 18.5 Å². The van der Waals surface area contributed by atoms with Gasteiger partial charge in [-0.15, -0.1) is 0 Å². The fourth-order valence-corrected chi connectivity index (χ4v) is 1.61. The normalized spacial score (nSPS) is 10.3. The van der Waals surface area contributed by atoms with Crippen LogP contribution in [0.1, 0.15) is 31.7 Å². The molecule has 0 bridgehead atoms. The molecule has 1 aromatic carbocycles. The minimum Gasteiger partial charge on any atom is -0.381 e. The van der Waals surface area contributed by atoms with Crippen molar-refractivity contribution in [1.29, 1.82) is 0 Å². The minimum atomic E-state index is 0.0102. The molecule has 0 spiro atoms. The summed E-state index contributed by atoms with van der Waals surface area (Å²) in [5.74, 6) is 0.0102. The third-order valence-corrected chi connectivity index (χ3v) is 2.55. The maximum Gasteiger partial charge on any atom is 0.224 e. The second-order valence-corrected chi connectivity index (χ2v) is 4.13. The van der Waals surface area contributed by atoms with Gasteiger partial charge in [-0.05, 0) is 24.5 Å². The van der Waals surface area contributed by atoms with Gasteiger partial charge < -0.3 is 15.8 Å². The zero-order valence-electron chi connectivity index (χ0n) is 10.9. The fraction of sp³-hybridized carbons (Fsp3) is 0.500. The van der Waals surface area contributed by atoms with E-state index in [1.807, 2.05) is 24.3 Å². The van der Waals surface area contributed by atoms with Gasteiger partial charge in [0.2, 0.25) is 5.91 Å². The van der Waals surface area contributed by atoms with Gasteiger partial charge in [0.25, 0.3) is 0 Å². The van der Waals surface area contributed by atoms with Crippen molar-refractivity contribution in [3.05, 3.63) is 29.8 Å². The van der Waals surface area contributed by atoms with Crippen molar-refractivity contribution in [2.45, 2.75) is 32.7 Å². The van der Waals surface area contributed by atoms with E-state index >= 15 is 0 Å². The summed E-state index contributed by atoms with van der Waals surface area (Å²) in [5.41, 5.74) is 7.37. The van der Waals surface area contributed by atoms with Gasteiger partial charge in [-0.1, -0.05) is 25.1 Å². The Labute approximate surface area is 109 Å². The molecule has 0 aliphatic rings. The van der Waals surface area contributed by atoms with Crippen molar-refractivity contribution >= 4 is 11.6 Å². The van der Waals surface area contributed by atoms with Gasteiger partial charge in [-0.2, -0.15) is 0 Å². The van der Waals surface area contributed by atoms with Gasteiger partial charge in [0, 0.05) is 31.9 Å². The van der Waals surface area contributed by atoms with Crippen molar-refractivity contribution in [1.82, 2.24) is 0 Å². The highest BCUT2D eigenvalue weighted by Gasteiger charge is 2.05. The fourth-order valence-electron chi connectivity index (χ4n) is 1.61. The number of rotatable bonds is 8. The molecule has 0 atom stereocenters. The number of hydrogen-bond donors (Lipinski definition) is 2. The zero-order chi connectivity index (χ0) is 13.2. The molecule has 1 aromatic rings. The summed E-state index contributed by atoms with van der Waals surface area (Å²) in [6.07, 6.45) is 2.23. The topological polar surface area (TPSA) is 64.3 Å². The summed E-state index contributed by atoms with van der Waals surface area (Å²) in [7, 11) is 0. The summed E-state index contributed by atoms with van der Waals surface area (Å²) >= 11 is 0. The van der Waals surface area contributed by atoms with Crippen molar-refractivity contribution in [3.8, 4) is 0 Å². The van der Waals surface area contributed by atoms with Crippen molar-refractivity contribution < 1.29 is 9.53 Å². The summed E-state index contributed by atoms with van der Waals surface area (Å²) in [6.45, 7) is 3.89. The Morgan fingerprint density at radius 2 is 2.11 bits per heavy atom. The number of benzene rings is 1. The summed E-state index contributed by atoms with van der Waals surface area (Å²) in [4.78, 5) is 11.7. The maximum atomic E-state index is 11.7. The molecule has 1 rings (SSSR count). The molecule has 1 amide bonds. The minimum absolute atomic E-state index is 0.0102. The van der Waals surface area contributed by atoms with Gasteiger partial charge >= 0.3 is 0 Å². The number of amides is 1. The Kier molecular flexibility index (Phi) is 7.06. The van der Waals surface area contributed by atoms with Crippen LogP contribution >= 0.6 is 0 Å². The number of nitrogens with one attached hydrogen (secondary N) is 1. The predicted octanol–water partition coefficient (Wildman–Crippen LogP) is 2.29. The SMILES string of the molecule is CCCOCCCC(=O)Nc1ccccc1CN. The van der Waals surface area contributed by atoms with Crippen LogP contribution in [0.2, 0.25) is 0 Å². The third-order valence-electron chi connectivity index (χ3n) is 2.55. The molecule has 0 unspecified atom stereocenters. The van der Waals surface area contributed by atoms with Gasteiger partial charge in [-0.3, -0.25) is 4.79 Å². The Hall–Kier alpha value is -1.39. The second-order valence-electron chi connectivity index (χ2n) is 4.13. The van der Waals surface area contributed by atoms with Crippen LogP contribution in [-0.2, 0) is 16.1 Å². The number of carbonyl (C=O) groups excluding carboxylic acids is 1. The highest BCUT2D eigenvalue weighted by atomic mass is 16.5. The van der Waals surface area contributed by atoms with Crippen molar-refractivity contribution in [3.63, 3.8) is 0 Å². The van der Waals surface area contributed by atoms with Crippen molar-refractivity contribution in [2.24, 2.45) is 5.73 Å². The number of anilines is 1. The lowest BCUT2D eigenvalue weighted by molar-refractivity contribution is -0.116. The van der Waals surface area contributed by atoms with E-state index < -0.39 is 0 Å². The van der Waals surface area contributed by atoms with Crippen LogP contribution in [0, 0.1) is 0 Å². The summed E-state index contributed by atoms with van der Waals surface area (Å²) < 4.78 is 5.33. The van der Waals surface area contributed by atoms with Crippen LogP contribution < -0.4 is 11.1 Å². The first-order chi connectivity index (χ1) is 8.77. The van der Waals surface area contributed by atoms with Crippen LogP contribution in [0.5, 0.6) is 0 Å². The lowest BCUT2D eigenvalue weighted by atomic mass is 10.1. The second kappa shape index (κ2) is 8.66. The molecule has 18 heavy (non-hydrogen) atoms. The van der Waals surface area contributed by atoms with Crippen LogP contribution in [0.4, 0.5) is 5.69 Å². The standard InChI is InChI=1S/C14H22N2O2/c1-2-9-18-10-5-8-14(17)16-13-7-4-3-6-12(13)11-15/h3-4,6-7H,2,5,8-11,15H2,1H3,(H,16,17). The van der Waals surface area contributed by atoms with E-state index in [1.54, 1.807) is 0 Å². The molecule has 0 saturated heterocycles. The van der Waals surface area contributed by atoms with E-state index in [9.17, 15) is 4.79 Å². The Morgan fingerprint density at radius 1 is 1.33 bits per heavy atom. The Morgan fingerprint density at radius 3 is 2.83 bits per heavy atom. The molecule has 0 aliphatic heterocycles. The lowest BCUT2D eigenvalue weighted by Crippen LogP contribution is -2.14. The molecule has 4 heteroatoms. The average molecular weight is 250 g/mol. The lowest BCUT2D eigenvalue weighted by Gasteiger charge is -2.09. The quantitative estimate of drug-likeness (QED) is 0.696. The highest BCUT2D eigenvalue weighted by molar-refractivity contribution is 5.91. The van der Waals surface area contributed by atoms with Crippen LogP contribution in [-0.4, -0.2) is 19.1 Å². The molecule has 0 saturated carbocycles. The summed E-state index contributed by atoms with van der Waals surface area (Å²) in [5, 5.41) is 2.88. The van der Waals surface area contributed by atoms with E-state index in [0.29, 0.717) is 19.6 Å². The maximum absolute atomic E-state index is 11.7. The Balaban J connectivity index is 2.31. The highest BCUT2D eigenvalue weighted by Crippen LogP contribution is 2.14. The Bertz CT molecular complexity index is 367. The van der Waals surface area contributed by atoms with Crippen LogP contribution in [0.3, 0.4) is 0 Å². The van der Waals surface area contributed by atoms with Crippen LogP contribution in [0.15, 0.2) is 24.3 Å². The first kappa shape index (κ1) is 14.7. The van der Waals surface area contributed by atoms with Gasteiger partial charge in [0.15, 0.2) is 0 Å². The molecule has 0 fully saturated rings. The molecule has 0 heterocycles. The third kappa shape index (κ3) is 5.29. The molecule has 100 valence electrons. The molecule has 4 nitrogen and oxygen atoms in total. The molecule has 0 aliphatic carbocycles. The first-order valence-electron chi connectivity index (χ1n) is 6.43. The number of nitrogens with two attached hydrogens (primary N) is 1. The number of ether oxygens (including phenoxy) is 1. The molecule has 0 aromatic heterocycles. The van der Waals surface area contributed by atoms with E-state index in [-0.39, 0.29) is 5.91 Å². The molecule has 3 N–H and O–H groups in total. The number of para-hydroxylation sites is 1. The molecular formula is C14H22N2O2. The predicted molar refractivity (Wildman–Crippen MR) is 73.3 cm³/mol. The zero-order valence-corrected chi connectivity index (χ0v) is 10.9.